The Hall–Kier alpha value is -0.590. The first-order chi connectivity index (χ1) is 9.47. The van der Waals surface area contributed by atoms with Crippen LogP contribution in [0.5, 0.6) is 5.75 Å². The topological polar surface area (TPSA) is 49.8 Å². The molecule has 0 bridgehead atoms. The molecule has 1 aromatic carbocycles. The third-order valence-electron chi connectivity index (χ3n) is 3.50. The number of aliphatic hydroxyl groups is 1. The van der Waals surface area contributed by atoms with Gasteiger partial charge >= 0.3 is 0 Å². The SMILES string of the molecule is CC(O)C1CCN(C(=O)COc2ccc(Br)cc2Br)C1. The fourth-order valence-electron chi connectivity index (χ4n) is 2.23. The van der Waals surface area contributed by atoms with Crippen molar-refractivity contribution < 1.29 is 14.6 Å². The van der Waals surface area contributed by atoms with Gasteiger partial charge in [-0.25, -0.2) is 0 Å². The van der Waals surface area contributed by atoms with Gasteiger partial charge in [0, 0.05) is 23.5 Å². The molecule has 110 valence electrons. The van der Waals surface area contributed by atoms with E-state index in [2.05, 4.69) is 31.9 Å². The zero-order valence-electron chi connectivity index (χ0n) is 11.2. The van der Waals surface area contributed by atoms with Crippen molar-refractivity contribution in [1.82, 2.24) is 4.90 Å². The Balaban J connectivity index is 1.86. The van der Waals surface area contributed by atoms with E-state index in [1.54, 1.807) is 11.8 Å². The van der Waals surface area contributed by atoms with Crippen LogP contribution in [0.4, 0.5) is 0 Å². The third kappa shape index (κ3) is 3.96. The zero-order valence-corrected chi connectivity index (χ0v) is 14.4. The van der Waals surface area contributed by atoms with Crippen LogP contribution in [0.1, 0.15) is 13.3 Å². The minimum atomic E-state index is -0.366. The van der Waals surface area contributed by atoms with Crippen molar-refractivity contribution in [1.29, 1.82) is 0 Å². The van der Waals surface area contributed by atoms with E-state index < -0.39 is 0 Å². The number of nitrogens with zero attached hydrogens (tertiary/aromatic N) is 1. The maximum Gasteiger partial charge on any atom is 0.260 e. The molecule has 2 atom stereocenters. The molecule has 1 aliphatic heterocycles. The summed E-state index contributed by atoms with van der Waals surface area (Å²) in [5.74, 6) is 0.786. The summed E-state index contributed by atoms with van der Waals surface area (Å²) >= 11 is 6.76. The molecule has 2 unspecified atom stereocenters. The highest BCUT2D eigenvalue weighted by Gasteiger charge is 2.29. The van der Waals surface area contributed by atoms with Gasteiger partial charge in [0.25, 0.3) is 5.91 Å². The normalized spacial score (nSPS) is 20.0. The van der Waals surface area contributed by atoms with Crippen LogP contribution >= 0.6 is 31.9 Å². The van der Waals surface area contributed by atoms with Crippen molar-refractivity contribution in [2.24, 2.45) is 5.92 Å². The largest absolute Gasteiger partial charge is 0.483 e. The van der Waals surface area contributed by atoms with Gasteiger partial charge in [-0.3, -0.25) is 4.79 Å². The Morgan fingerprint density at radius 3 is 2.90 bits per heavy atom. The summed E-state index contributed by atoms with van der Waals surface area (Å²) in [6.07, 6.45) is 0.486. The summed E-state index contributed by atoms with van der Waals surface area (Å²) in [5, 5.41) is 9.54. The Labute approximate surface area is 135 Å². The highest BCUT2D eigenvalue weighted by Crippen LogP contribution is 2.28. The Bertz CT molecular complexity index is 493. The Morgan fingerprint density at radius 2 is 2.30 bits per heavy atom. The van der Waals surface area contributed by atoms with Gasteiger partial charge in [0.05, 0.1) is 10.6 Å². The number of rotatable bonds is 4. The van der Waals surface area contributed by atoms with E-state index in [9.17, 15) is 9.90 Å². The third-order valence-corrected chi connectivity index (χ3v) is 4.62. The van der Waals surface area contributed by atoms with Gasteiger partial charge in [-0.15, -0.1) is 0 Å². The van der Waals surface area contributed by atoms with Gasteiger partial charge in [0.15, 0.2) is 6.61 Å². The molecule has 1 saturated heterocycles. The van der Waals surface area contributed by atoms with Crippen molar-refractivity contribution >= 4 is 37.8 Å². The second-order valence-corrected chi connectivity index (χ2v) is 6.76. The van der Waals surface area contributed by atoms with Crippen LogP contribution in [-0.4, -0.2) is 41.7 Å². The predicted octanol–water partition coefficient (Wildman–Crippen LogP) is 2.82. The molecule has 20 heavy (non-hydrogen) atoms. The molecule has 6 heteroatoms. The van der Waals surface area contributed by atoms with Crippen molar-refractivity contribution in [2.45, 2.75) is 19.4 Å². The maximum absolute atomic E-state index is 12.1. The average molecular weight is 407 g/mol. The van der Waals surface area contributed by atoms with E-state index >= 15 is 0 Å². The van der Waals surface area contributed by atoms with Crippen LogP contribution in [-0.2, 0) is 4.79 Å². The summed E-state index contributed by atoms with van der Waals surface area (Å²) in [6, 6.07) is 5.55. The number of aliphatic hydroxyl groups excluding tert-OH is 1. The van der Waals surface area contributed by atoms with E-state index in [1.807, 2.05) is 18.2 Å². The smallest absolute Gasteiger partial charge is 0.260 e. The number of benzene rings is 1. The van der Waals surface area contributed by atoms with Crippen LogP contribution in [0.3, 0.4) is 0 Å². The average Bonchev–Trinajstić information content (AvgIpc) is 2.87. The summed E-state index contributed by atoms with van der Waals surface area (Å²) < 4.78 is 7.30. The summed E-state index contributed by atoms with van der Waals surface area (Å²) in [4.78, 5) is 13.8. The summed E-state index contributed by atoms with van der Waals surface area (Å²) in [5.41, 5.74) is 0. The summed E-state index contributed by atoms with van der Waals surface area (Å²) in [6.45, 7) is 3.10. The molecule has 1 heterocycles. The van der Waals surface area contributed by atoms with E-state index in [4.69, 9.17) is 4.74 Å². The van der Waals surface area contributed by atoms with Crippen LogP contribution in [0.15, 0.2) is 27.1 Å². The molecular formula is C14H17Br2NO3. The first-order valence-corrected chi connectivity index (χ1v) is 8.09. The second-order valence-electron chi connectivity index (χ2n) is 4.99. The number of carbonyl (C=O) groups is 1. The number of ether oxygens (including phenoxy) is 1. The molecule has 0 spiro atoms. The number of amides is 1. The van der Waals surface area contributed by atoms with Gasteiger partial charge in [-0.2, -0.15) is 0 Å². The molecule has 0 saturated carbocycles. The van der Waals surface area contributed by atoms with Crippen LogP contribution in [0.25, 0.3) is 0 Å². The van der Waals surface area contributed by atoms with Gasteiger partial charge in [0.2, 0.25) is 0 Å². The van der Waals surface area contributed by atoms with Crippen LogP contribution in [0.2, 0.25) is 0 Å². The Morgan fingerprint density at radius 1 is 1.55 bits per heavy atom. The lowest BCUT2D eigenvalue weighted by Crippen LogP contribution is -2.34. The van der Waals surface area contributed by atoms with E-state index in [-0.39, 0.29) is 24.5 Å². The summed E-state index contributed by atoms with van der Waals surface area (Å²) in [7, 11) is 0. The van der Waals surface area contributed by atoms with E-state index in [0.717, 1.165) is 15.4 Å². The molecule has 0 aliphatic carbocycles. The van der Waals surface area contributed by atoms with Crippen molar-refractivity contribution in [2.75, 3.05) is 19.7 Å². The van der Waals surface area contributed by atoms with Crippen molar-refractivity contribution in [3.63, 3.8) is 0 Å². The van der Waals surface area contributed by atoms with Gasteiger partial charge in [-0.05, 0) is 47.5 Å². The molecule has 1 aliphatic rings. The maximum atomic E-state index is 12.1. The molecule has 2 rings (SSSR count). The molecule has 0 radical (unpaired) electrons. The van der Waals surface area contributed by atoms with Crippen molar-refractivity contribution in [3.8, 4) is 5.75 Å². The molecule has 4 nitrogen and oxygen atoms in total. The number of likely N-dealkylation sites (tertiary alicyclic amines) is 1. The lowest BCUT2D eigenvalue weighted by molar-refractivity contribution is -0.132. The number of hydrogen-bond acceptors (Lipinski definition) is 3. The molecule has 0 aromatic heterocycles. The van der Waals surface area contributed by atoms with Crippen molar-refractivity contribution in [3.05, 3.63) is 27.1 Å². The van der Waals surface area contributed by atoms with Crippen LogP contribution in [0, 0.1) is 5.92 Å². The highest BCUT2D eigenvalue weighted by molar-refractivity contribution is 9.11. The second kappa shape index (κ2) is 6.91. The minimum absolute atomic E-state index is 0.0206. The molecule has 1 N–H and O–H groups in total. The number of carbonyl (C=O) groups excluding carboxylic acids is 1. The fourth-order valence-corrected chi connectivity index (χ4v) is 3.39. The molecular weight excluding hydrogens is 390 g/mol. The zero-order chi connectivity index (χ0) is 14.7. The number of hydrogen-bond donors (Lipinski definition) is 1. The first-order valence-electron chi connectivity index (χ1n) is 6.51. The molecule has 1 fully saturated rings. The quantitative estimate of drug-likeness (QED) is 0.836. The lowest BCUT2D eigenvalue weighted by Gasteiger charge is -2.18. The highest BCUT2D eigenvalue weighted by atomic mass is 79.9. The van der Waals surface area contributed by atoms with Gasteiger partial charge < -0.3 is 14.7 Å². The standard InChI is InChI=1S/C14H17Br2NO3/c1-9(18)10-4-5-17(7-10)14(19)8-20-13-3-2-11(15)6-12(13)16/h2-3,6,9-10,18H,4-5,7-8H2,1H3. The fraction of sp³-hybridized carbons (Fsp3) is 0.500. The molecule has 1 aromatic rings. The monoisotopic (exact) mass is 405 g/mol. The molecule has 1 amide bonds. The van der Waals surface area contributed by atoms with E-state index in [1.165, 1.54) is 0 Å². The van der Waals surface area contributed by atoms with Gasteiger partial charge in [-0.1, -0.05) is 15.9 Å². The Kier molecular flexibility index (Phi) is 5.46. The predicted molar refractivity (Wildman–Crippen MR) is 83.7 cm³/mol. The minimum Gasteiger partial charge on any atom is -0.483 e. The number of halogens is 2. The van der Waals surface area contributed by atoms with E-state index in [0.29, 0.717) is 18.8 Å². The van der Waals surface area contributed by atoms with Crippen LogP contribution < -0.4 is 4.74 Å². The lowest BCUT2D eigenvalue weighted by atomic mass is 10.0. The van der Waals surface area contributed by atoms with Gasteiger partial charge in [0.1, 0.15) is 5.75 Å². The first kappa shape index (κ1) is 15.8.